The molecule has 0 saturated heterocycles. The summed E-state index contributed by atoms with van der Waals surface area (Å²) in [6.07, 6.45) is -0.405. The summed E-state index contributed by atoms with van der Waals surface area (Å²) >= 11 is 0. The number of aromatic nitrogens is 1. The van der Waals surface area contributed by atoms with Crippen molar-refractivity contribution in [1.29, 1.82) is 0 Å². The topological polar surface area (TPSA) is 3.88 Å². The molecular weight excluding hydrogens is 261 g/mol. The Hall–Kier alpha value is -1.70. The molecule has 0 radical (unpaired) electrons. The van der Waals surface area contributed by atoms with E-state index in [2.05, 4.69) is 0 Å². The molecule has 0 aliphatic heterocycles. The fourth-order valence-corrected chi connectivity index (χ4v) is 2.34. The fraction of sp³-hybridized carbons (Fsp3) is 0.421. The molecule has 0 bridgehead atoms. The molecule has 0 unspecified atom stereocenters. The molecule has 1 aromatic carbocycles. The zero-order chi connectivity index (χ0) is 20.1. The maximum Gasteiger partial charge on any atom is 0.212 e. The number of aryl methyl sites for hydroxylation is 3. The van der Waals surface area contributed by atoms with Crippen molar-refractivity contribution in [2.24, 2.45) is 12.5 Å². The van der Waals surface area contributed by atoms with Gasteiger partial charge >= 0.3 is 0 Å². The van der Waals surface area contributed by atoms with Crippen LogP contribution in [0.2, 0.25) is 0 Å². The van der Waals surface area contributed by atoms with Gasteiger partial charge in [-0.15, -0.1) is 0 Å². The molecule has 0 N–H and O–H groups in total. The lowest BCUT2D eigenvalue weighted by atomic mass is 9.86. The average molecular weight is 291 g/mol. The molecular formula is C19H25FN+. The van der Waals surface area contributed by atoms with Gasteiger partial charge < -0.3 is 0 Å². The van der Waals surface area contributed by atoms with Gasteiger partial charge in [0.1, 0.15) is 12.9 Å². The number of hydrogen-bond donors (Lipinski definition) is 0. The Labute approximate surface area is 134 Å². The van der Waals surface area contributed by atoms with Crippen LogP contribution in [-0.2, 0) is 13.4 Å². The van der Waals surface area contributed by atoms with Crippen LogP contribution >= 0.6 is 0 Å². The summed E-state index contributed by atoms with van der Waals surface area (Å²) in [4.78, 5) is 0. The third kappa shape index (κ3) is 3.69. The van der Waals surface area contributed by atoms with Crippen LogP contribution in [0.1, 0.15) is 44.3 Å². The molecule has 0 fully saturated rings. The van der Waals surface area contributed by atoms with E-state index >= 15 is 0 Å². The Morgan fingerprint density at radius 3 is 2.52 bits per heavy atom. The first-order chi connectivity index (χ1) is 11.7. The summed E-state index contributed by atoms with van der Waals surface area (Å²) in [5, 5.41) is 0. The average Bonchev–Trinajstić information content (AvgIpc) is 2.45. The Bertz CT molecular complexity index is 835. The molecule has 0 spiro atoms. The van der Waals surface area contributed by atoms with Crippen molar-refractivity contribution < 1.29 is 15.8 Å². The second-order valence-corrected chi connectivity index (χ2v) is 6.43. The number of halogens is 1. The van der Waals surface area contributed by atoms with E-state index in [0.717, 1.165) is 5.56 Å². The lowest BCUT2D eigenvalue weighted by molar-refractivity contribution is -0.660. The van der Waals surface area contributed by atoms with Gasteiger partial charge in [0.2, 0.25) is 5.69 Å². The second kappa shape index (κ2) is 5.59. The van der Waals surface area contributed by atoms with E-state index in [1.165, 1.54) is 18.3 Å². The van der Waals surface area contributed by atoms with Crippen LogP contribution < -0.4 is 4.57 Å². The minimum atomic E-state index is -2.44. The van der Waals surface area contributed by atoms with Crippen LogP contribution in [0.25, 0.3) is 11.3 Å². The van der Waals surface area contributed by atoms with Gasteiger partial charge in [0.15, 0.2) is 6.20 Å². The molecule has 112 valence electrons. The number of hydrogen-bond acceptors (Lipinski definition) is 0. The summed E-state index contributed by atoms with van der Waals surface area (Å²) in [6, 6.07) is 5.97. The van der Waals surface area contributed by atoms with Crippen molar-refractivity contribution >= 4 is 0 Å². The Kier molecular flexibility index (Phi) is 2.69. The minimum absolute atomic E-state index is 0.0107. The highest BCUT2D eigenvalue weighted by molar-refractivity contribution is 5.61. The van der Waals surface area contributed by atoms with Gasteiger partial charge in [0.05, 0.1) is 0 Å². The molecule has 1 heterocycles. The van der Waals surface area contributed by atoms with Crippen LogP contribution in [0.5, 0.6) is 0 Å². The highest BCUT2D eigenvalue weighted by atomic mass is 19.1. The molecule has 0 aliphatic rings. The van der Waals surface area contributed by atoms with Crippen molar-refractivity contribution in [1.82, 2.24) is 0 Å². The quantitative estimate of drug-likeness (QED) is 0.716. The minimum Gasteiger partial charge on any atom is -0.207 e. The first-order valence-corrected chi connectivity index (χ1v) is 6.97. The van der Waals surface area contributed by atoms with Crippen LogP contribution in [0.4, 0.5) is 4.39 Å². The summed E-state index contributed by atoms with van der Waals surface area (Å²) in [7, 11) is 1.71. The maximum atomic E-state index is 13.5. The number of rotatable bonds is 2. The van der Waals surface area contributed by atoms with Gasteiger partial charge in [-0.3, -0.25) is 0 Å². The third-order valence-corrected chi connectivity index (χ3v) is 3.25. The van der Waals surface area contributed by atoms with Gasteiger partial charge in [0.25, 0.3) is 0 Å². The van der Waals surface area contributed by atoms with E-state index in [4.69, 9.17) is 6.85 Å². The molecule has 0 atom stereocenters. The second-order valence-electron chi connectivity index (χ2n) is 6.43. The number of pyridine rings is 1. The molecule has 21 heavy (non-hydrogen) atoms. The van der Waals surface area contributed by atoms with E-state index in [1.54, 1.807) is 51.4 Å². The third-order valence-electron chi connectivity index (χ3n) is 3.25. The highest BCUT2D eigenvalue weighted by Crippen LogP contribution is 2.27. The monoisotopic (exact) mass is 291 g/mol. The lowest BCUT2D eigenvalue weighted by Crippen LogP contribution is -2.32. The van der Waals surface area contributed by atoms with Gasteiger partial charge in [-0.05, 0) is 54.9 Å². The number of nitrogens with zero attached hydrogens (tertiary/aromatic N) is 1. The zero-order valence-electron chi connectivity index (χ0n) is 18.2. The largest absolute Gasteiger partial charge is 0.212 e. The van der Waals surface area contributed by atoms with Crippen LogP contribution in [-0.4, -0.2) is 0 Å². The first-order valence-electron chi connectivity index (χ1n) is 9.47. The smallest absolute Gasteiger partial charge is 0.207 e. The lowest BCUT2D eigenvalue weighted by Gasteiger charge is -2.19. The summed E-state index contributed by atoms with van der Waals surface area (Å²) < 4.78 is 55.9. The Morgan fingerprint density at radius 1 is 1.24 bits per heavy atom. The van der Waals surface area contributed by atoms with E-state index < -0.39 is 18.6 Å². The van der Waals surface area contributed by atoms with Gasteiger partial charge in [-0.2, -0.15) is 0 Å². The van der Waals surface area contributed by atoms with Gasteiger partial charge in [-0.1, -0.05) is 20.8 Å². The predicted octanol–water partition coefficient (Wildman–Crippen LogP) is 4.52. The molecule has 0 aliphatic carbocycles. The fourth-order valence-electron chi connectivity index (χ4n) is 2.34. The normalized spacial score (nSPS) is 16.6. The van der Waals surface area contributed by atoms with E-state index in [1.807, 2.05) is 0 Å². The molecule has 0 amide bonds. The van der Waals surface area contributed by atoms with Crippen molar-refractivity contribution in [3.05, 3.63) is 53.0 Å². The van der Waals surface area contributed by atoms with Crippen molar-refractivity contribution in [2.75, 3.05) is 0 Å². The zero-order valence-corrected chi connectivity index (χ0v) is 13.2. The SMILES string of the molecule is [2H]C([2H])([2H])c1c[n+](C)c(-c2ccc(F)cc2C)cc1C([2H])([2H])C(C)(C)C. The van der Waals surface area contributed by atoms with E-state index in [0.29, 0.717) is 11.3 Å². The molecule has 2 aromatic rings. The van der Waals surface area contributed by atoms with Crippen LogP contribution in [0, 0.1) is 25.0 Å². The van der Waals surface area contributed by atoms with Crippen LogP contribution in [0.3, 0.4) is 0 Å². The van der Waals surface area contributed by atoms with Crippen molar-refractivity contribution in [2.45, 2.75) is 40.9 Å². The molecule has 2 rings (SSSR count). The molecule has 1 aromatic heterocycles. The van der Waals surface area contributed by atoms with Crippen molar-refractivity contribution in [3.8, 4) is 11.3 Å². The first kappa shape index (κ1) is 10.1. The predicted molar refractivity (Wildman–Crippen MR) is 85.6 cm³/mol. The van der Waals surface area contributed by atoms with Gasteiger partial charge in [0, 0.05) is 24.0 Å². The number of benzene rings is 1. The van der Waals surface area contributed by atoms with E-state index in [-0.39, 0.29) is 16.9 Å². The van der Waals surface area contributed by atoms with Crippen LogP contribution in [0.15, 0.2) is 30.5 Å². The standard InChI is InChI=1S/C19H25FN/c1-13-9-16(20)7-8-17(13)18-10-15(11-19(3,4)5)14(2)12-21(18)6/h7-10,12H,11H2,1-6H3/q+1/i2D3,11D2. The maximum absolute atomic E-state index is 13.5. The van der Waals surface area contributed by atoms with E-state index in [9.17, 15) is 4.39 Å². The molecule has 0 saturated carbocycles. The molecule has 2 heteroatoms. The summed E-state index contributed by atoms with van der Waals surface area (Å²) in [5.74, 6) is -0.349. The highest BCUT2D eigenvalue weighted by Gasteiger charge is 2.19. The Balaban J connectivity index is 2.85. The summed E-state index contributed by atoms with van der Waals surface area (Å²) in [6.45, 7) is 4.56. The molecule has 1 nitrogen and oxygen atoms in total. The Morgan fingerprint density at radius 2 is 1.95 bits per heavy atom. The summed E-state index contributed by atoms with van der Waals surface area (Å²) in [5.41, 5.74) is 1.40. The van der Waals surface area contributed by atoms with Gasteiger partial charge in [-0.25, -0.2) is 8.96 Å². The van der Waals surface area contributed by atoms with Crippen molar-refractivity contribution in [3.63, 3.8) is 0 Å².